The molecule has 2 aliphatic carbocycles. The molecule has 3 nitrogen and oxygen atoms in total. The number of anilines is 1. The Morgan fingerprint density at radius 1 is 0.688 bits per heavy atom. The predicted octanol–water partition coefficient (Wildman–Crippen LogP) is 6.36. The summed E-state index contributed by atoms with van der Waals surface area (Å²) in [6.07, 6.45) is 0.823. The van der Waals surface area contributed by atoms with E-state index in [4.69, 9.17) is 23.2 Å². The highest BCUT2D eigenvalue weighted by molar-refractivity contribution is 6.38. The van der Waals surface area contributed by atoms with Gasteiger partial charge in [-0.05, 0) is 58.7 Å². The van der Waals surface area contributed by atoms with Crippen molar-refractivity contribution in [3.8, 4) is 0 Å². The normalized spacial score (nSPS) is 26.2. The number of hydrogen-bond acceptors (Lipinski definition) is 2. The molecule has 1 saturated carbocycles. The van der Waals surface area contributed by atoms with Gasteiger partial charge in [-0.1, -0.05) is 83.9 Å². The Hall–Kier alpha value is -2.88. The Labute approximate surface area is 196 Å². The van der Waals surface area contributed by atoms with E-state index in [9.17, 15) is 9.59 Å². The van der Waals surface area contributed by atoms with Crippen LogP contribution in [0.4, 0.5) is 5.69 Å². The van der Waals surface area contributed by atoms with Gasteiger partial charge in [0.15, 0.2) is 0 Å². The summed E-state index contributed by atoms with van der Waals surface area (Å²) in [5, 5.41) is 0.781. The Kier molecular flexibility index (Phi) is 4.53. The predicted molar refractivity (Wildman–Crippen MR) is 127 cm³/mol. The maximum atomic E-state index is 13.6. The molecule has 4 atom stereocenters. The molecule has 0 radical (unpaired) electrons. The fourth-order valence-electron chi connectivity index (χ4n) is 5.99. The van der Waals surface area contributed by atoms with Crippen molar-refractivity contribution in [2.75, 3.05) is 4.90 Å². The Morgan fingerprint density at radius 2 is 1.19 bits per heavy atom. The lowest BCUT2D eigenvalue weighted by molar-refractivity contribution is -0.123. The van der Waals surface area contributed by atoms with Gasteiger partial charge in [-0.2, -0.15) is 0 Å². The number of benzene rings is 3. The van der Waals surface area contributed by atoms with E-state index in [1.165, 1.54) is 16.0 Å². The summed E-state index contributed by atoms with van der Waals surface area (Å²) in [6.45, 7) is 0. The summed E-state index contributed by atoms with van der Waals surface area (Å²) >= 11 is 12.4. The number of fused-ring (bicyclic) bond motifs is 5. The number of rotatable bonds is 3. The second-order valence-electron chi connectivity index (χ2n) is 8.67. The van der Waals surface area contributed by atoms with E-state index in [1.54, 1.807) is 18.2 Å². The molecule has 2 amide bonds. The van der Waals surface area contributed by atoms with Crippen LogP contribution >= 0.6 is 23.2 Å². The molecule has 32 heavy (non-hydrogen) atoms. The summed E-state index contributed by atoms with van der Waals surface area (Å²) in [5.41, 5.74) is 5.07. The Balaban J connectivity index is 1.49. The SMILES string of the molecule is O=C1C2C3CC(C(c4ccccc4)=C3c3ccccc3)C2C(=O)N1c1ccc(Cl)cc1Cl. The molecule has 158 valence electrons. The minimum Gasteiger partial charge on any atom is -0.274 e. The first-order valence-corrected chi connectivity index (χ1v) is 11.5. The van der Waals surface area contributed by atoms with Crippen LogP contribution in [0.3, 0.4) is 0 Å². The quantitative estimate of drug-likeness (QED) is 0.427. The van der Waals surface area contributed by atoms with Crippen molar-refractivity contribution in [3.63, 3.8) is 0 Å². The van der Waals surface area contributed by atoms with Crippen LogP contribution in [0, 0.1) is 23.7 Å². The zero-order valence-electron chi connectivity index (χ0n) is 17.0. The van der Waals surface area contributed by atoms with Gasteiger partial charge in [0.05, 0.1) is 22.5 Å². The van der Waals surface area contributed by atoms with Gasteiger partial charge in [0, 0.05) is 5.02 Å². The van der Waals surface area contributed by atoms with Crippen molar-refractivity contribution in [2.24, 2.45) is 23.7 Å². The average Bonchev–Trinajstić information content (AvgIpc) is 3.45. The van der Waals surface area contributed by atoms with Crippen molar-refractivity contribution < 1.29 is 9.59 Å². The van der Waals surface area contributed by atoms with Crippen LogP contribution in [0.2, 0.25) is 10.0 Å². The molecule has 1 saturated heterocycles. The van der Waals surface area contributed by atoms with Crippen LogP contribution in [0.1, 0.15) is 17.5 Å². The second-order valence-corrected chi connectivity index (χ2v) is 9.51. The van der Waals surface area contributed by atoms with Crippen LogP contribution in [-0.4, -0.2) is 11.8 Å². The summed E-state index contributed by atoms with van der Waals surface area (Å²) in [7, 11) is 0. The molecule has 3 aliphatic rings. The number of carbonyl (C=O) groups is 2. The fraction of sp³-hybridized carbons (Fsp3) is 0.185. The number of hydrogen-bond donors (Lipinski definition) is 0. The molecule has 1 aliphatic heterocycles. The van der Waals surface area contributed by atoms with Crippen molar-refractivity contribution >= 4 is 51.8 Å². The molecular weight excluding hydrogens is 441 g/mol. The van der Waals surface area contributed by atoms with E-state index < -0.39 is 0 Å². The average molecular weight is 460 g/mol. The molecule has 4 unspecified atom stereocenters. The highest BCUT2D eigenvalue weighted by Gasteiger charge is 2.64. The molecular formula is C27H19Cl2NO2. The maximum Gasteiger partial charge on any atom is 0.238 e. The minimum absolute atomic E-state index is 0.00938. The van der Waals surface area contributed by atoms with E-state index in [0.717, 1.165) is 17.5 Å². The number of imide groups is 1. The summed E-state index contributed by atoms with van der Waals surface area (Å²) in [4.78, 5) is 28.6. The third-order valence-corrected chi connectivity index (χ3v) is 7.66. The van der Waals surface area contributed by atoms with Gasteiger partial charge in [0.1, 0.15) is 0 Å². The molecule has 6 rings (SSSR count). The van der Waals surface area contributed by atoms with Gasteiger partial charge in [-0.25, -0.2) is 4.90 Å². The number of amides is 2. The number of allylic oxidation sites excluding steroid dienone is 2. The van der Waals surface area contributed by atoms with Crippen LogP contribution in [0.25, 0.3) is 11.1 Å². The van der Waals surface area contributed by atoms with Crippen molar-refractivity contribution in [1.29, 1.82) is 0 Å². The number of nitrogens with zero attached hydrogens (tertiary/aromatic N) is 1. The second kappa shape index (κ2) is 7.33. The smallest absolute Gasteiger partial charge is 0.238 e. The standard InChI is InChI=1S/C27H19Cl2NO2/c28-17-11-12-21(20(29)13-17)30-26(31)24-18-14-19(25(24)27(30)32)23(16-9-5-2-6-10-16)22(18)15-7-3-1-4-8-15/h1-13,18-19,24-25H,14H2. The summed E-state index contributed by atoms with van der Waals surface area (Å²) in [6, 6.07) is 25.4. The molecule has 3 aromatic rings. The molecule has 5 heteroatoms. The lowest BCUT2D eigenvalue weighted by atomic mass is 9.73. The molecule has 1 heterocycles. The first-order chi connectivity index (χ1) is 15.6. The van der Waals surface area contributed by atoms with Gasteiger partial charge < -0.3 is 0 Å². The zero-order chi connectivity index (χ0) is 22.0. The molecule has 0 aromatic heterocycles. The van der Waals surface area contributed by atoms with E-state index in [0.29, 0.717) is 15.7 Å². The molecule has 0 spiro atoms. The third kappa shape index (κ3) is 2.74. The van der Waals surface area contributed by atoms with E-state index in [-0.39, 0.29) is 35.5 Å². The lowest BCUT2D eigenvalue weighted by Crippen LogP contribution is -2.33. The van der Waals surface area contributed by atoms with Crippen molar-refractivity contribution in [2.45, 2.75) is 6.42 Å². The first-order valence-electron chi connectivity index (χ1n) is 10.7. The van der Waals surface area contributed by atoms with Crippen LogP contribution in [-0.2, 0) is 9.59 Å². The third-order valence-electron chi connectivity index (χ3n) is 7.12. The molecule has 2 fully saturated rings. The van der Waals surface area contributed by atoms with Crippen LogP contribution in [0.5, 0.6) is 0 Å². The van der Waals surface area contributed by atoms with Crippen LogP contribution < -0.4 is 4.90 Å². The van der Waals surface area contributed by atoms with Crippen molar-refractivity contribution in [3.05, 3.63) is 100 Å². The summed E-state index contributed by atoms with van der Waals surface area (Å²) < 4.78 is 0. The Bertz CT molecular complexity index is 1210. The van der Waals surface area contributed by atoms with E-state index in [1.807, 2.05) is 36.4 Å². The fourth-order valence-corrected chi connectivity index (χ4v) is 6.49. The topological polar surface area (TPSA) is 37.4 Å². The molecule has 0 N–H and O–H groups in total. The highest BCUT2D eigenvalue weighted by Crippen LogP contribution is 2.64. The summed E-state index contributed by atoms with van der Waals surface area (Å²) in [5.74, 6) is -1.01. The molecule has 2 bridgehead atoms. The molecule has 3 aromatic carbocycles. The first kappa shape index (κ1) is 19.8. The van der Waals surface area contributed by atoms with E-state index >= 15 is 0 Å². The van der Waals surface area contributed by atoms with E-state index in [2.05, 4.69) is 24.3 Å². The number of carbonyl (C=O) groups excluding carboxylic acids is 2. The van der Waals surface area contributed by atoms with Gasteiger partial charge in [-0.3, -0.25) is 9.59 Å². The van der Waals surface area contributed by atoms with Gasteiger partial charge in [0.25, 0.3) is 0 Å². The zero-order valence-corrected chi connectivity index (χ0v) is 18.6. The van der Waals surface area contributed by atoms with Gasteiger partial charge in [0.2, 0.25) is 11.8 Å². The van der Waals surface area contributed by atoms with Crippen LogP contribution in [0.15, 0.2) is 78.9 Å². The lowest BCUT2D eigenvalue weighted by Gasteiger charge is -2.27. The highest BCUT2D eigenvalue weighted by atomic mass is 35.5. The largest absolute Gasteiger partial charge is 0.274 e. The number of halogens is 2. The van der Waals surface area contributed by atoms with Gasteiger partial charge in [-0.15, -0.1) is 0 Å². The monoisotopic (exact) mass is 459 g/mol. The van der Waals surface area contributed by atoms with Gasteiger partial charge >= 0.3 is 0 Å². The maximum absolute atomic E-state index is 13.6. The van der Waals surface area contributed by atoms with Crippen molar-refractivity contribution in [1.82, 2.24) is 0 Å². The Morgan fingerprint density at radius 3 is 1.66 bits per heavy atom. The minimum atomic E-state index is -0.359.